The van der Waals surface area contributed by atoms with E-state index in [4.69, 9.17) is 11.6 Å². The molecule has 2 heterocycles. The summed E-state index contributed by atoms with van der Waals surface area (Å²) >= 11 is 5.91. The van der Waals surface area contributed by atoms with Crippen molar-refractivity contribution in [2.24, 2.45) is 5.92 Å². The third-order valence-corrected chi connectivity index (χ3v) is 6.04. The fourth-order valence-corrected chi connectivity index (χ4v) is 4.64. The summed E-state index contributed by atoms with van der Waals surface area (Å²) < 4.78 is 39.4. The minimum atomic E-state index is -4.65. The van der Waals surface area contributed by atoms with Gasteiger partial charge >= 0.3 is 6.18 Å². The van der Waals surface area contributed by atoms with Gasteiger partial charge in [0.05, 0.1) is 22.2 Å². The third kappa shape index (κ3) is 3.22. The first kappa shape index (κ1) is 19.1. The van der Waals surface area contributed by atoms with Gasteiger partial charge in [-0.3, -0.25) is 4.79 Å². The topological polar surface area (TPSA) is 61.4 Å². The van der Waals surface area contributed by atoms with Gasteiger partial charge in [0.15, 0.2) is 0 Å². The lowest BCUT2D eigenvalue weighted by molar-refractivity contribution is -0.137. The molecule has 0 spiro atoms. The van der Waals surface area contributed by atoms with E-state index in [0.717, 1.165) is 25.5 Å². The molecule has 148 valence electrons. The van der Waals surface area contributed by atoms with E-state index in [1.165, 1.54) is 18.2 Å². The fraction of sp³-hybridized carbons (Fsp3) is 0.350. The Bertz CT molecular complexity index is 920. The Morgan fingerprint density at radius 1 is 1.25 bits per heavy atom. The SMILES string of the molecule is O=C(NC(c1cccc(O)c1)C12CC(CN1)C2)c1cccc(C(F)(F)F)c1Cl. The Kier molecular flexibility index (Phi) is 4.55. The molecule has 0 aromatic heterocycles. The molecular formula is C20H18ClF3N2O2. The Morgan fingerprint density at radius 2 is 1.96 bits per heavy atom. The molecule has 8 heteroatoms. The third-order valence-electron chi connectivity index (χ3n) is 5.63. The van der Waals surface area contributed by atoms with Crippen LogP contribution < -0.4 is 10.6 Å². The van der Waals surface area contributed by atoms with Crippen LogP contribution in [0.5, 0.6) is 5.75 Å². The summed E-state index contributed by atoms with van der Waals surface area (Å²) in [6, 6.07) is 9.31. The molecule has 3 fully saturated rings. The minimum absolute atomic E-state index is 0.0547. The number of amides is 1. The van der Waals surface area contributed by atoms with Gasteiger partial charge in [0.25, 0.3) is 5.91 Å². The van der Waals surface area contributed by atoms with E-state index in [1.54, 1.807) is 18.2 Å². The number of phenolic OH excluding ortho intramolecular Hbond substituents is 1. The molecular weight excluding hydrogens is 393 g/mol. The lowest BCUT2D eigenvalue weighted by atomic mass is 9.67. The molecule has 4 nitrogen and oxygen atoms in total. The maximum atomic E-state index is 13.1. The van der Waals surface area contributed by atoms with Gasteiger partial charge in [0.2, 0.25) is 0 Å². The van der Waals surface area contributed by atoms with Crippen LogP contribution in [0.15, 0.2) is 42.5 Å². The van der Waals surface area contributed by atoms with Crippen molar-refractivity contribution >= 4 is 17.5 Å². The van der Waals surface area contributed by atoms with E-state index in [2.05, 4.69) is 10.6 Å². The summed E-state index contributed by atoms with van der Waals surface area (Å²) in [6.07, 6.45) is -2.95. The van der Waals surface area contributed by atoms with Crippen LogP contribution in [0.3, 0.4) is 0 Å². The molecule has 3 N–H and O–H groups in total. The summed E-state index contributed by atoms with van der Waals surface area (Å²) in [5.74, 6) is -0.107. The van der Waals surface area contributed by atoms with Crippen molar-refractivity contribution in [3.63, 3.8) is 0 Å². The van der Waals surface area contributed by atoms with E-state index in [9.17, 15) is 23.1 Å². The quantitative estimate of drug-likeness (QED) is 0.704. The van der Waals surface area contributed by atoms with Gasteiger partial charge in [-0.05, 0) is 55.1 Å². The highest BCUT2D eigenvalue weighted by Gasteiger charge is 2.55. The van der Waals surface area contributed by atoms with E-state index < -0.39 is 28.7 Å². The summed E-state index contributed by atoms with van der Waals surface area (Å²) in [4.78, 5) is 12.9. The highest BCUT2D eigenvalue weighted by Crippen LogP contribution is 2.51. The zero-order valence-electron chi connectivity index (χ0n) is 14.7. The normalized spacial score (nSPS) is 24.5. The molecule has 1 amide bonds. The maximum Gasteiger partial charge on any atom is 0.417 e. The van der Waals surface area contributed by atoms with Gasteiger partial charge in [-0.1, -0.05) is 29.8 Å². The summed E-state index contributed by atoms with van der Waals surface area (Å²) in [6.45, 7) is 0.829. The van der Waals surface area contributed by atoms with Crippen molar-refractivity contribution in [3.8, 4) is 5.75 Å². The summed E-state index contributed by atoms with van der Waals surface area (Å²) in [5.41, 5.74) is -0.963. The number of phenols is 1. The molecule has 2 saturated heterocycles. The van der Waals surface area contributed by atoms with Gasteiger partial charge < -0.3 is 15.7 Å². The highest BCUT2D eigenvalue weighted by atomic mass is 35.5. The number of nitrogens with one attached hydrogen (secondary N) is 2. The van der Waals surface area contributed by atoms with Gasteiger partial charge in [-0.2, -0.15) is 13.2 Å². The fourth-order valence-electron chi connectivity index (χ4n) is 4.32. The van der Waals surface area contributed by atoms with E-state index in [-0.39, 0.29) is 16.9 Å². The van der Waals surface area contributed by atoms with E-state index >= 15 is 0 Å². The predicted molar refractivity (Wildman–Crippen MR) is 98.2 cm³/mol. The minimum Gasteiger partial charge on any atom is -0.508 e. The number of hydrogen-bond acceptors (Lipinski definition) is 3. The second-order valence-corrected chi connectivity index (χ2v) is 7.86. The average molecular weight is 411 g/mol. The first-order valence-corrected chi connectivity index (χ1v) is 9.28. The molecule has 1 saturated carbocycles. The first-order chi connectivity index (χ1) is 13.2. The number of rotatable bonds is 4. The number of aromatic hydroxyl groups is 1. The van der Waals surface area contributed by atoms with Crippen LogP contribution in [-0.4, -0.2) is 23.1 Å². The van der Waals surface area contributed by atoms with Crippen molar-refractivity contribution in [3.05, 3.63) is 64.2 Å². The number of carbonyl (C=O) groups excluding carboxylic acids is 1. The van der Waals surface area contributed by atoms with Crippen molar-refractivity contribution in [1.29, 1.82) is 0 Å². The first-order valence-electron chi connectivity index (χ1n) is 8.90. The monoisotopic (exact) mass is 410 g/mol. The number of fused-ring (bicyclic) bond motifs is 1. The molecule has 1 unspecified atom stereocenters. The smallest absolute Gasteiger partial charge is 0.417 e. The van der Waals surface area contributed by atoms with Crippen LogP contribution in [0.4, 0.5) is 13.2 Å². The van der Waals surface area contributed by atoms with Crippen LogP contribution in [-0.2, 0) is 6.18 Å². The molecule has 3 aliphatic rings. The lowest BCUT2D eigenvalue weighted by Gasteiger charge is -2.44. The number of halogens is 4. The molecule has 1 atom stereocenters. The number of alkyl halides is 3. The Hall–Kier alpha value is -2.25. The Morgan fingerprint density at radius 3 is 2.57 bits per heavy atom. The molecule has 28 heavy (non-hydrogen) atoms. The molecule has 2 aromatic carbocycles. The second kappa shape index (κ2) is 6.67. The Balaban J connectivity index is 1.67. The lowest BCUT2D eigenvalue weighted by Crippen LogP contribution is -2.54. The van der Waals surface area contributed by atoms with Gasteiger partial charge in [0.1, 0.15) is 5.75 Å². The van der Waals surface area contributed by atoms with Crippen molar-refractivity contribution in [2.45, 2.75) is 30.6 Å². The molecule has 2 bridgehead atoms. The van der Waals surface area contributed by atoms with Gasteiger partial charge in [-0.15, -0.1) is 0 Å². The largest absolute Gasteiger partial charge is 0.508 e. The summed E-state index contributed by atoms with van der Waals surface area (Å²) in [7, 11) is 0. The van der Waals surface area contributed by atoms with Crippen LogP contribution in [0.1, 0.15) is 40.4 Å². The number of hydrogen-bond donors (Lipinski definition) is 3. The number of benzene rings is 2. The predicted octanol–water partition coefficient (Wildman–Crippen LogP) is 4.29. The maximum absolute atomic E-state index is 13.1. The zero-order valence-corrected chi connectivity index (χ0v) is 15.4. The van der Waals surface area contributed by atoms with Gasteiger partial charge in [-0.25, -0.2) is 0 Å². The molecule has 5 rings (SSSR count). The molecule has 2 aromatic rings. The van der Waals surface area contributed by atoms with E-state index in [0.29, 0.717) is 11.5 Å². The van der Waals surface area contributed by atoms with E-state index in [1.807, 2.05) is 0 Å². The zero-order chi connectivity index (χ0) is 20.1. The molecule has 1 aliphatic carbocycles. The average Bonchev–Trinajstić information content (AvgIpc) is 3.20. The van der Waals surface area contributed by atoms with Gasteiger partial charge in [0, 0.05) is 5.54 Å². The van der Waals surface area contributed by atoms with Crippen molar-refractivity contribution in [2.75, 3.05) is 6.54 Å². The van der Waals surface area contributed by atoms with Crippen LogP contribution in [0.2, 0.25) is 5.02 Å². The van der Waals surface area contributed by atoms with Crippen LogP contribution >= 0.6 is 11.6 Å². The van der Waals surface area contributed by atoms with Crippen molar-refractivity contribution in [1.82, 2.24) is 10.6 Å². The molecule has 2 aliphatic heterocycles. The number of carbonyl (C=O) groups is 1. The molecule has 0 radical (unpaired) electrons. The van der Waals surface area contributed by atoms with Crippen LogP contribution in [0, 0.1) is 5.92 Å². The standard InChI is InChI=1S/C20H18ClF3N2O2/c21-16-14(5-2-6-15(16)20(22,23)24)18(28)26-17(12-3-1-4-13(27)7-12)19-8-11(9-19)10-25-19/h1-7,11,17,25,27H,8-10H2,(H,26,28). The Labute approximate surface area is 164 Å². The highest BCUT2D eigenvalue weighted by molar-refractivity contribution is 6.34. The van der Waals surface area contributed by atoms with Crippen molar-refractivity contribution < 1.29 is 23.1 Å². The summed E-state index contributed by atoms with van der Waals surface area (Å²) in [5, 5.41) is 15.5. The second-order valence-electron chi connectivity index (χ2n) is 7.48. The van der Waals surface area contributed by atoms with Crippen LogP contribution in [0.25, 0.3) is 0 Å².